The number of H-pyrrole nitrogens is 1. The number of nitrogens with one attached hydrogen (secondary N) is 2. The van der Waals surface area contributed by atoms with Crippen LogP contribution in [0.25, 0.3) is 10.6 Å². The van der Waals surface area contributed by atoms with E-state index >= 15 is 0 Å². The number of aryl methyl sites for hydroxylation is 1. The molecule has 2 unspecified atom stereocenters. The predicted octanol–water partition coefficient (Wildman–Crippen LogP) is 3.71. The molecule has 2 atom stereocenters. The van der Waals surface area contributed by atoms with Crippen LogP contribution in [0.5, 0.6) is 0 Å². The topological polar surface area (TPSA) is 83.1 Å². The van der Waals surface area contributed by atoms with Gasteiger partial charge in [0.15, 0.2) is 5.69 Å². The summed E-state index contributed by atoms with van der Waals surface area (Å²) in [5.74, 6) is 0.620. The normalized spacial score (nSPS) is 19.6. The maximum atomic E-state index is 12.5. The van der Waals surface area contributed by atoms with E-state index in [1.54, 1.807) is 23.6 Å². The molecule has 0 spiro atoms. The van der Waals surface area contributed by atoms with Crippen molar-refractivity contribution in [3.63, 3.8) is 0 Å². The molecule has 146 valence electrons. The van der Waals surface area contributed by atoms with Crippen LogP contribution in [0, 0.1) is 6.92 Å². The summed E-state index contributed by atoms with van der Waals surface area (Å²) >= 11 is 1.66. The van der Waals surface area contributed by atoms with E-state index in [4.69, 9.17) is 4.74 Å². The number of hydrogen-bond acceptors (Lipinski definition) is 6. The molecule has 1 saturated heterocycles. The van der Waals surface area contributed by atoms with Gasteiger partial charge in [-0.3, -0.25) is 9.89 Å². The zero-order valence-electron chi connectivity index (χ0n) is 16.1. The Balaban J connectivity index is 1.42. The zero-order valence-corrected chi connectivity index (χ0v) is 16.9. The number of nitrogens with zero attached hydrogens (tertiary/aromatic N) is 3. The fraction of sp³-hybridized carbons (Fsp3) is 0.350. The van der Waals surface area contributed by atoms with Gasteiger partial charge in [0.2, 0.25) is 0 Å². The van der Waals surface area contributed by atoms with Gasteiger partial charge in [0.05, 0.1) is 34.7 Å². The van der Waals surface area contributed by atoms with E-state index in [2.05, 4.69) is 39.2 Å². The van der Waals surface area contributed by atoms with E-state index in [1.165, 1.54) is 4.88 Å². The van der Waals surface area contributed by atoms with Crippen LogP contribution in [-0.2, 0) is 4.74 Å². The number of pyridine rings is 1. The summed E-state index contributed by atoms with van der Waals surface area (Å²) in [4.78, 5) is 21.5. The number of thiophene rings is 1. The Morgan fingerprint density at radius 1 is 1.25 bits per heavy atom. The molecule has 4 heterocycles. The van der Waals surface area contributed by atoms with Crippen LogP contribution in [0.15, 0.2) is 36.5 Å². The summed E-state index contributed by atoms with van der Waals surface area (Å²) in [6.45, 7) is 7.79. The van der Waals surface area contributed by atoms with Crippen molar-refractivity contribution in [2.75, 3.05) is 23.3 Å². The average molecular weight is 398 g/mol. The summed E-state index contributed by atoms with van der Waals surface area (Å²) in [5, 5.41) is 9.91. The molecule has 0 bridgehead atoms. The molecule has 7 nitrogen and oxygen atoms in total. The van der Waals surface area contributed by atoms with Crippen LogP contribution in [0.1, 0.15) is 29.2 Å². The van der Waals surface area contributed by atoms with Crippen molar-refractivity contribution >= 4 is 28.7 Å². The van der Waals surface area contributed by atoms with E-state index in [0.717, 1.165) is 29.5 Å². The second-order valence-electron chi connectivity index (χ2n) is 7.10. The molecule has 2 N–H and O–H groups in total. The number of amides is 1. The molecule has 0 aliphatic carbocycles. The van der Waals surface area contributed by atoms with Crippen molar-refractivity contribution in [1.29, 1.82) is 0 Å². The minimum absolute atomic E-state index is 0.172. The van der Waals surface area contributed by atoms with Crippen molar-refractivity contribution in [2.45, 2.75) is 33.0 Å². The Kier molecular flexibility index (Phi) is 5.15. The third-order valence-corrected chi connectivity index (χ3v) is 5.60. The predicted molar refractivity (Wildman–Crippen MR) is 111 cm³/mol. The summed E-state index contributed by atoms with van der Waals surface area (Å²) in [6, 6.07) is 9.61. The van der Waals surface area contributed by atoms with Crippen LogP contribution in [-0.4, -0.2) is 46.4 Å². The highest BCUT2D eigenvalue weighted by Gasteiger charge is 2.23. The van der Waals surface area contributed by atoms with E-state index < -0.39 is 0 Å². The highest BCUT2D eigenvalue weighted by molar-refractivity contribution is 7.15. The minimum Gasteiger partial charge on any atom is -0.372 e. The van der Waals surface area contributed by atoms with E-state index in [9.17, 15) is 4.79 Å². The molecule has 1 aliphatic rings. The first-order valence-corrected chi connectivity index (χ1v) is 10.1. The first kappa shape index (κ1) is 18.6. The number of morpholine rings is 1. The smallest absolute Gasteiger partial charge is 0.276 e. The SMILES string of the molecule is Cc1ccc(-c2cc(C(=O)Nc3ccc(N4CC(C)OC(C)C4)nc3)n[nH]2)s1. The number of carbonyl (C=O) groups excluding carboxylic acids is 1. The van der Waals surface area contributed by atoms with Crippen LogP contribution in [0.4, 0.5) is 11.5 Å². The van der Waals surface area contributed by atoms with Gasteiger partial charge in [0.1, 0.15) is 5.82 Å². The van der Waals surface area contributed by atoms with Crippen LogP contribution in [0.2, 0.25) is 0 Å². The Morgan fingerprint density at radius 3 is 2.68 bits per heavy atom. The molecular formula is C20H23N5O2S. The highest BCUT2D eigenvalue weighted by Crippen LogP contribution is 2.26. The third kappa shape index (κ3) is 4.07. The molecule has 8 heteroatoms. The molecule has 3 aromatic rings. The standard InChI is InChI=1S/C20H23N5O2S/c1-12-10-25(11-13(2)27-12)19-7-5-15(9-21-19)22-20(26)17-8-16(23-24-17)18-6-4-14(3)28-18/h4-9,12-13H,10-11H2,1-3H3,(H,22,26)(H,23,24). The van der Waals surface area contributed by atoms with Crippen molar-refractivity contribution in [2.24, 2.45) is 0 Å². The largest absolute Gasteiger partial charge is 0.372 e. The Hall–Kier alpha value is -2.71. The number of aromatic amines is 1. The maximum Gasteiger partial charge on any atom is 0.276 e. The number of hydrogen-bond donors (Lipinski definition) is 2. The van der Waals surface area contributed by atoms with Crippen molar-refractivity contribution in [1.82, 2.24) is 15.2 Å². The van der Waals surface area contributed by atoms with E-state index in [0.29, 0.717) is 11.4 Å². The Labute approximate surface area is 167 Å². The summed E-state index contributed by atoms with van der Waals surface area (Å²) in [6.07, 6.45) is 2.02. The minimum atomic E-state index is -0.265. The van der Waals surface area contributed by atoms with Gasteiger partial charge in [-0.15, -0.1) is 11.3 Å². The van der Waals surface area contributed by atoms with Gasteiger partial charge in [0, 0.05) is 18.0 Å². The number of carbonyl (C=O) groups is 1. The molecule has 0 aromatic carbocycles. The van der Waals surface area contributed by atoms with Crippen LogP contribution in [0.3, 0.4) is 0 Å². The summed E-state index contributed by atoms with van der Waals surface area (Å²) in [7, 11) is 0. The van der Waals surface area contributed by atoms with Gasteiger partial charge in [-0.25, -0.2) is 4.98 Å². The molecule has 1 aliphatic heterocycles. The molecule has 3 aromatic heterocycles. The van der Waals surface area contributed by atoms with Crippen LogP contribution >= 0.6 is 11.3 Å². The Bertz CT molecular complexity index is 955. The number of anilines is 2. The van der Waals surface area contributed by atoms with Gasteiger partial charge < -0.3 is 15.0 Å². The van der Waals surface area contributed by atoms with E-state index in [1.807, 2.05) is 31.2 Å². The molecule has 4 rings (SSSR count). The lowest BCUT2D eigenvalue weighted by Gasteiger charge is -2.36. The summed E-state index contributed by atoms with van der Waals surface area (Å²) < 4.78 is 5.76. The molecule has 1 fully saturated rings. The van der Waals surface area contributed by atoms with Crippen molar-refractivity contribution in [3.8, 4) is 10.6 Å². The van der Waals surface area contributed by atoms with Crippen molar-refractivity contribution in [3.05, 3.63) is 47.1 Å². The molecule has 1 amide bonds. The molecule has 0 radical (unpaired) electrons. The highest BCUT2D eigenvalue weighted by atomic mass is 32.1. The second kappa shape index (κ2) is 7.73. The van der Waals surface area contributed by atoms with Gasteiger partial charge in [-0.2, -0.15) is 5.10 Å². The fourth-order valence-electron chi connectivity index (χ4n) is 3.35. The lowest BCUT2D eigenvalue weighted by Crippen LogP contribution is -2.45. The third-order valence-electron chi connectivity index (χ3n) is 4.57. The quantitative estimate of drug-likeness (QED) is 0.701. The number of aromatic nitrogens is 3. The van der Waals surface area contributed by atoms with Gasteiger partial charge >= 0.3 is 0 Å². The average Bonchev–Trinajstić information content (AvgIpc) is 3.30. The Morgan fingerprint density at radius 2 is 2.04 bits per heavy atom. The number of rotatable bonds is 4. The maximum absolute atomic E-state index is 12.5. The molecule has 0 saturated carbocycles. The van der Waals surface area contributed by atoms with Gasteiger partial charge in [0.25, 0.3) is 5.91 Å². The summed E-state index contributed by atoms with van der Waals surface area (Å²) in [5.41, 5.74) is 1.83. The van der Waals surface area contributed by atoms with Gasteiger partial charge in [-0.05, 0) is 51.1 Å². The van der Waals surface area contributed by atoms with Gasteiger partial charge in [-0.1, -0.05) is 0 Å². The van der Waals surface area contributed by atoms with E-state index in [-0.39, 0.29) is 18.1 Å². The lowest BCUT2D eigenvalue weighted by atomic mass is 10.2. The second-order valence-corrected chi connectivity index (χ2v) is 8.39. The fourth-order valence-corrected chi connectivity index (χ4v) is 4.18. The lowest BCUT2D eigenvalue weighted by molar-refractivity contribution is -0.00545. The number of ether oxygens (including phenoxy) is 1. The zero-order chi connectivity index (χ0) is 19.7. The van der Waals surface area contributed by atoms with Crippen LogP contribution < -0.4 is 10.2 Å². The monoisotopic (exact) mass is 397 g/mol. The first-order valence-electron chi connectivity index (χ1n) is 9.28. The van der Waals surface area contributed by atoms with Crippen molar-refractivity contribution < 1.29 is 9.53 Å². The molecular weight excluding hydrogens is 374 g/mol. The molecule has 28 heavy (non-hydrogen) atoms. The first-order chi connectivity index (χ1) is 13.5.